The molecule has 2 rings (SSSR count). The van der Waals surface area contributed by atoms with Crippen LogP contribution in [0.3, 0.4) is 0 Å². The SMILES string of the molecule is COc1cc(C)c(S(=O)(=O)NCC(N)c2ccccc2)cc1C. The van der Waals surface area contributed by atoms with Crippen LogP contribution in [0.25, 0.3) is 0 Å². The first-order chi connectivity index (χ1) is 10.8. The molecule has 0 aromatic heterocycles. The van der Waals surface area contributed by atoms with E-state index in [1.54, 1.807) is 26.2 Å². The summed E-state index contributed by atoms with van der Waals surface area (Å²) in [5.74, 6) is 0.669. The molecular formula is C17H22N2O3S. The van der Waals surface area contributed by atoms with Crippen LogP contribution in [0.2, 0.25) is 0 Å². The Morgan fingerprint density at radius 1 is 1.13 bits per heavy atom. The lowest BCUT2D eigenvalue weighted by Crippen LogP contribution is -2.32. The fourth-order valence-electron chi connectivity index (χ4n) is 2.37. The number of nitrogens with two attached hydrogens (primary N) is 1. The zero-order chi connectivity index (χ0) is 17.0. The third kappa shape index (κ3) is 4.10. The Hall–Kier alpha value is -1.89. The van der Waals surface area contributed by atoms with E-state index in [0.29, 0.717) is 11.3 Å². The van der Waals surface area contributed by atoms with Crippen molar-refractivity contribution in [2.75, 3.05) is 13.7 Å². The second-order valence-corrected chi connectivity index (χ2v) is 7.19. The van der Waals surface area contributed by atoms with Crippen molar-refractivity contribution in [1.82, 2.24) is 4.72 Å². The van der Waals surface area contributed by atoms with Crippen molar-refractivity contribution in [1.29, 1.82) is 0 Å². The van der Waals surface area contributed by atoms with Gasteiger partial charge in [-0.1, -0.05) is 30.3 Å². The molecule has 0 aliphatic heterocycles. The van der Waals surface area contributed by atoms with Gasteiger partial charge in [-0.3, -0.25) is 0 Å². The highest BCUT2D eigenvalue weighted by Crippen LogP contribution is 2.25. The summed E-state index contributed by atoms with van der Waals surface area (Å²) in [6, 6.07) is 12.3. The quantitative estimate of drug-likeness (QED) is 0.849. The fraction of sp³-hybridized carbons (Fsp3) is 0.294. The van der Waals surface area contributed by atoms with Gasteiger partial charge in [-0.05, 0) is 42.7 Å². The van der Waals surface area contributed by atoms with Gasteiger partial charge in [0.25, 0.3) is 0 Å². The maximum Gasteiger partial charge on any atom is 0.240 e. The Morgan fingerprint density at radius 2 is 1.78 bits per heavy atom. The predicted octanol–water partition coefficient (Wildman–Crippen LogP) is 2.29. The Bertz CT molecular complexity index is 774. The Morgan fingerprint density at radius 3 is 2.39 bits per heavy atom. The summed E-state index contributed by atoms with van der Waals surface area (Å²) in [6.07, 6.45) is 0. The first kappa shape index (κ1) is 17.5. The van der Waals surface area contributed by atoms with Crippen molar-refractivity contribution in [3.8, 4) is 5.75 Å². The molecule has 6 heteroatoms. The fourth-order valence-corrected chi connectivity index (χ4v) is 3.74. The molecule has 1 unspecified atom stereocenters. The smallest absolute Gasteiger partial charge is 0.240 e. The highest BCUT2D eigenvalue weighted by atomic mass is 32.2. The van der Waals surface area contributed by atoms with Gasteiger partial charge in [-0.25, -0.2) is 13.1 Å². The molecular weight excluding hydrogens is 312 g/mol. The van der Waals surface area contributed by atoms with Crippen molar-refractivity contribution < 1.29 is 13.2 Å². The van der Waals surface area contributed by atoms with Crippen molar-refractivity contribution in [2.24, 2.45) is 5.73 Å². The summed E-state index contributed by atoms with van der Waals surface area (Å²) < 4.78 is 32.9. The van der Waals surface area contributed by atoms with Crippen LogP contribution in [-0.2, 0) is 10.0 Å². The van der Waals surface area contributed by atoms with Crippen LogP contribution in [0.4, 0.5) is 0 Å². The molecule has 2 aromatic carbocycles. The van der Waals surface area contributed by atoms with E-state index in [-0.39, 0.29) is 11.4 Å². The lowest BCUT2D eigenvalue weighted by atomic mass is 10.1. The van der Waals surface area contributed by atoms with E-state index in [2.05, 4.69) is 4.72 Å². The molecule has 0 heterocycles. The molecule has 0 saturated heterocycles. The van der Waals surface area contributed by atoms with Gasteiger partial charge in [0.2, 0.25) is 10.0 Å². The summed E-state index contributed by atoms with van der Waals surface area (Å²) in [4.78, 5) is 0.246. The molecule has 0 fully saturated rings. The molecule has 0 bridgehead atoms. The molecule has 0 saturated carbocycles. The molecule has 0 spiro atoms. The number of sulfonamides is 1. The molecule has 3 N–H and O–H groups in total. The maximum absolute atomic E-state index is 12.5. The maximum atomic E-state index is 12.5. The van der Waals surface area contributed by atoms with E-state index < -0.39 is 16.1 Å². The van der Waals surface area contributed by atoms with Crippen LogP contribution in [0, 0.1) is 13.8 Å². The largest absolute Gasteiger partial charge is 0.496 e. The highest BCUT2D eigenvalue weighted by molar-refractivity contribution is 7.89. The molecule has 1 atom stereocenters. The minimum atomic E-state index is -3.63. The molecule has 0 radical (unpaired) electrons. The van der Waals surface area contributed by atoms with E-state index in [1.807, 2.05) is 37.3 Å². The van der Waals surface area contributed by atoms with Gasteiger partial charge in [0.15, 0.2) is 0 Å². The Labute approximate surface area is 137 Å². The van der Waals surface area contributed by atoms with Gasteiger partial charge in [0.05, 0.1) is 12.0 Å². The zero-order valence-electron chi connectivity index (χ0n) is 13.5. The summed E-state index contributed by atoms with van der Waals surface area (Å²) >= 11 is 0. The first-order valence-corrected chi connectivity index (χ1v) is 8.79. The van der Waals surface area contributed by atoms with Crippen molar-refractivity contribution >= 4 is 10.0 Å². The topological polar surface area (TPSA) is 81.4 Å². The van der Waals surface area contributed by atoms with E-state index in [4.69, 9.17) is 10.5 Å². The number of ether oxygens (including phenoxy) is 1. The number of hydrogen-bond acceptors (Lipinski definition) is 4. The van der Waals surface area contributed by atoms with Crippen LogP contribution < -0.4 is 15.2 Å². The van der Waals surface area contributed by atoms with Gasteiger partial charge >= 0.3 is 0 Å². The molecule has 0 amide bonds. The standard InChI is InChI=1S/C17H22N2O3S/c1-12-10-17(13(2)9-16(12)22-3)23(20,21)19-11-15(18)14-7-5-4-6-8-14/h4-10,15,19H,11,18H2,1-3H3. The third-order valence-corrected chi connectivity index (χ3v) is 5.27. The Kier molecular flexibility index (Phi) is 5.41. The minimum Gasteiger partial charge on any atom is -0.496 e. The van der Waals surface area contributed by atoms with Gasteiger partial charge in [-0.2, -0.15) is 0 Å². The predicted molar refractivity (Wildman–Crippen MR) is 91.0 cm³/mol. The third-order valence-electron chi connectivity index (χ3n) is 3.70. The lowest BCUT2D eigenvalue weighted by molar-refractivity contribution is 0.411. The van der Waals surface area contributed by atoms with Gasteiger partial charge in [0, 0.05) is 12.6 Å². The van der Waals surface area contributed by atoms with E-state index >= 15 is 0 Å². The number of aryl methyl sites for hydroxylation is 2. The van der Waals surface area contributed by atoms with Crippen molar-refractivity contribution in [3.05, 3.63) is 59.2 Å². The van der Waals surface area contributed by atoms with Crippen LogP contribution in [0.15, 0.2) is 47.4 Å². The van der Waals surface area contributed by atoms with Gasteiger partial charge in [0.1, 0.15) is 5.75 Å². The average Bonchev–Trinajstić information content (AvgIpc) is 2.55. The van der Waals surface area contributed by atoms with Crippen LogP contribution >= 0.6 is 0 Å². The second-order valence-electron chi connectivity index (χ2n) is 5.46. The summed E-state index contributed by atoms with van der Waals surface area (Å²) in [7, 11) is -2.06. The average molecular weight is 334 g/mol. The minimum absolute atomic E-state index is 0.136. The molecule has 2 aromatic rings. The number of methoxy groups -OCH3 is 1. The van der Waals surface area contributed by atoms with Crippen LogP contribution in [0.5, 0.6) is 5.75 Å². The molecule has 5 nitrogen and oxygen atoms in total. The first-order valence-electron chi connectivity index (χ1n) is 7.30. The monoisotopic (exact) mass is 334 g/mol. The Balaban J connectivity index is 2.18. The lowest BCUT2D eigenvalue weighted by Gasteiger charge is -2.16. The molecule has 23 heavy (non-hydrogen) atoms. The summed E-state index contributed by atoms with van der Waals surface area (Å²) in [6.45, 7) is 3.69. The van der Waals surface area contributed by atoms with Gasteiger partial charge in [-0.15, -0.1) is 0 Å². The van der Waals surface area contributed by atoms with E-state index in [1.165, 1.54) is 0 Å². The molecule has 0 aliphatic carbocycles. The highest BCUT2D eigenvalue weighted by Gasteiger charge is 2.19. The molecule has 0 aliphatic rings. The normalized spacial score (nSPS) is 12.9. The zero-order valence-corrected chi connectivity index (χ0v) is 14.4. The number of hydrogen-bond donors (Lipinski definition) is 2. The summed E-state index contributed by atoms with van der Waals surface area (Å²) in [5, 5.41) is 0. The van der Waals surface area contributed by atoms with E-state index in [0.717, 1.165) is 11.1 Å². The summed E-state index contributed by atoms with van der Waals surface area (Å²) in [5.41, 5.74) is 8.34. The number of nitrogens with one attached hydrogen (secondary N) is 1. The van der Waals surface area contributed by atoms with Crippen LogP contribution in [0.1, 0.15) is 22.7 Å². The van der Waals surface area contributed by atoms with Crippen LogP contribution in [-0.4, -0.2) is 22.1 Å². The molecule has 124 valence electrons. The number of rotatable bonds is 6. The van der Waals surface area contributed by atoms with E-state index in [9.17, 15) is 8.42 Å². The van der Waals surface area contributed by atoms with Crippen molar-refractivity contribution in [2.45, 2.75) is 24.8 Å². The van der Waals surface area contributed by atoms with Crippen molar-refractivity contribution in [3.63, 3.8) is 0 Å². The second kappa shape index (κ2) is 7.12. The number of benzene rings is 2. The van der Waals surface area contributed by atoms with Gasteiger partial charge < -0.3 is 10.5 Å².